The summed E-state index contributed by atoms with van der Waals surface area (Å²) in [6.07, 6.45) is 1.41. The van der Waals surface area contributed by atoms with Crippen molar-refractivity contribution < 1.29 is 30.4 Å². The number of furan rings is 1. The van der Waals surface area contributed by atoms with Crippen LogP contribution in [0.5, 0.6) is 0 Å². The molecule has 2 saturated heterocycles. The first-order valence-electron chi connectivity index (χ1n) is 9.86. The standard InChI is InChI=1S/C20H23FN2O6S2/c1-14-4-5-15(21)18(11-14)31(27,28)19-13-30(25,26)12-16(19)22-6-8-23(9-7-22)20(24)17-3-2-10-29-17/h2-5,10-11,16,19H,6-9,12-13H2,1H3/t16-,19-/m0/s1. The smallest absolute Gasteiger partial charge is 0.289 e. The summed E-state index contributed by atoms with van der Waals surface area (Å²) >= 11 is 0. The molecule has 0 bridgehead atoms. The van der Waals surface area contributed by atoms with E-state index in [4.69, 9.17) is 4.42 Å². The van der Waals surface area contributed by atoms with Gasteiger partial charge in [-0.25, -0.2) is 21.2 Å². The second-order valence-corrected chi connectivity index (χ2v) is 12.3. The SMILES string of the molecule is Cc1ccc(F)c(S(=O)(=O)[C@H]2CS(=O)(=O)C[C@@H]2N2CCN(C(=O)c3ccco3)CC2)c1. The Labute approximate surface area is 180 Å². The third-order valence-corrected chi connectivity index (χ3v) is 10.00. The number of carbonyl (C=O) groups excluding carboxylic acids is 1. The van der Waals surface area contributed by atoms with Crippen LogP contribution >= 0.6 is 0 Å². The maximum absolute atomic E-state index is 14.4. The van der Waals surface area contributed by atoms with Crippen LogP contribution in [-0.4, -0.2) is 81.5 Å². The molecule has 3 heterocycles. The zero-order valence-electron chi connectivity index (χ0n) is 16.9. The molecule has 168 valence electrons. The van der Waals surface area contributed by atoms with Crippen LogP contribution in [0.2, 0.25) is 0 Å². The van der Waals surface area contributed by atoms with Crippen LogP contribution in [0.1, 0.15) is 16.1 Å². The van der Waals surface area contributed by atoms with Gasteiger partial charge in [0.15, 0.2) is 25.4 Å². The van der Waals surface area contributed by atoms with Crippen LogP contribution in [0.15, 0.2) is 45.9 Å². The molecule has 2 aliphatic heterocycles. The summed E-state index contributed by atoms with van der Waals surface area (Å²) in [5.74, 6) is -1.79. The van der Waals surface area contributed by atoms with Crippen molar-refractivity contribution in [3.63, 3.8) is 0 Å². The van der Waals surface area contributed by atoms with Gasteiger partial charge in [-0.2, -0.15) is 0 Å². The Bertz CT molecular complexity index is 1190. The van der Waals surface area contributed by atoms with Crippen LogP contribution in [0.3, 0.4) is 0 Å². The van der Waals surface area contributed by atoms with Gasteiger partial charge >= 0.3 is 0 Å². The van der Waals surface area contributed by atoms with E-state index in [1.807, 2.05) is 0 Å². The second kappa shape index (κ2) is 8.03. The van der Waals surface area contributed by atoms with Crippen molar-refractivity contribution in [1.82, 2.24) is 9.80 Å². The van der Waals surface area contributed by atoms with E-state index in [0.29, 0.717) is 31.7 Å². The van der Waals surface area contributed by atoms with E-state index in [9.17, 15) is 26.0 Å². The minimum Gasteiger partial charge on any atom is -0.459 e. The fraction of sp³-hybridized carbons (Fsp3) is 0.450. The zero-order chi connectivity index (χ0) is 22.4. The van der Waals surface area contributed by atoms with Gasteiger partial charge in [0, 0.05) is 32.2 Å². The average molecular weight is 471 g/mol. The summed E-state index contributed by atoms with van der Waals surface area (Å²) in [5, 5.41) is -1.26. The lowest BCUT2D eigenvalue weighted by molar-refractivity contribution is 0.0560. The summed E-state index contributed by atoms with van der Waals surface area (Å²) in [5.41, 5.74) is 0.572. The largest absolute Gasteiger partial charge is 0.459 e. The van der Waals surface area contributed by atoms with Crippen LogP contribution in [0, 0.1) is 12.7 Å². The molecule has 2 aliphatic rings. The molecule has 0 N–H and O–H groups in total. The quantitative estimate of drug-likeness (QED) is 0.660. The molecule has 0 spiro atoms. The van der Waals surface area contributed by atoms with Crippen molar-refractivity contribution in [3.05, 3.63) is 53.7 Å². The molecule has 0 aliphatic carbocycles. The molecule has 1 amide bonds. The molecule has 1 aromatic carbocycles. The third-order valence-electron chi connectivity index (χ3n) is 5.87. The Hall–Kier alpha value is -2.24. The number of halogens is 1. The summed E-state index contributed by atoms with van der Waals surface area (Å²) < 4.78 is 70.8. The van der Waals surface area contributed by atoms with Crippen molar-refractivity contribution in [2.45, 2.75) is 23.1 Å². The Morgan fingerprint density at radius 3 is 2.48 bits per heavy atom. The maximum atomic E-state index is 14.4. The monoisotopic (exact) mass is 470 g/mol. The fourth-order valence-corrected chi connectivity index (χ4v) is 9.22. The Balaban J connectivity index is 1.56. The number of piperazine rings is 1. The molecule has 8 nitrogen and oxygen atoms in total. The van der Waals surface area contributed by atoms with Crippen molar-refractivity contribution in [2.75, 3.05) is 37.7 Å². The Morgan fingerprint density at radius 2 is 1.84 bits per heavy atom. The summed E-state index contributed by atoms with van der Waals surface area (Å²) in [6.45, 7) is 2.89. The number of nitrogens with zero attached hydrogens (tertiary/aromatic N) is 2. The molecular weight excluding hydrogens is 447 g/mol. The van der Waals surface area contributed by atoms with Gasteiger partial charge < -0.3 is 9.32 Å². The maximum Gasteiger partial charge on any atom is 0.289 e. The van der Waals surface area contributed by atoms with Gasteiger partial charge in [-0.1, -0.05) is 6.07 Å². The number of benzene rings is 1. The molecule has 2 atom stereocenters. The zero-order valence-corrected chi connectivity index (χ0v) is 18.5. The van der Waals surface area contributed by atoms with Gasteiger partial charge in [-0.05, 0) is 36.8 Å². The van der Waals surface area contributed by atoms with Gasteiger partial charge in [0.05, 0.1) is 23.0 Å². The lowest BCUT2D eigenvalue weighted by atomic mass is 10.2. The van der Waals surface area contributed by atoms with Crippen molar-refractivity contribution in [3.8, 4) is 0 Å². The number of carbonyl (C=O) groups is 1. The van der Waals surface area contributed by atoms with E-state index >= 15 is 0 Å². The van der Waals surface area contributed by atoms with Gasteiger partial charge in [-0.3, -0.25) is 9.69 Å². The van der Waals surface area contributed by atoms with E-state index in [2.05, 4.69) is 0 Å². The predicted molar refractivity (Wildman–Crippen MR) is 111 cm³/mol. The Kier molecular flexibility index (Phi) is 5.69. The normalized spacial score (nSPS) is 24.4. The first-order chi connectivity index (χ1) is 14.6. The number of hydrogen-bond acceptors (Lipinski definition) is 7. The molecule has 0 unspecified atom stereocenters. The highest BCUT2D eigenvalue weighted by Gasteiger charge is 2.49. The van der Waals surface area contributed by atoms with Gasteiger partial charge in [-0.15, -0.1) is 0 Å². The molecule has 1 aromatic heterocycles. The first-order valence-corrected chi connectivity index (χ1v) is 13.2. The van der Waals surface area contributed by atoms with E-state index in [1.165, 1.54) is 18.4 Å². The number of amides is 1. The average Bonchev–Trinajstić information content (AvgIpc) is 3.37. The van der Waals surface area contributed by atoms with E-state index in [-0.39, 0.29) is 17.4 Å². The molecule has 2 fully saturated rings. The lowest BCUT2D eigenvalue weighted by Crippen LogP contribution is -2.55. The third kappa shape index (κ3) is 4.26. The molecule has 31 heavy (non-hydrogen) atoms. The van der Waals surface area contributed by atoms with Gasteiger partial charge in [0.25, 0.3) is 5.91 Å². The highest BCUT2D eigenvalue weighted by Crippen LogP contribution is 2.31. The fourth-order valence-electron chi connectivity index (χ4n) is 4.24. The van der Waals surface area contributed by atoms with Crippen molar-refractivity contribution in [1.29, 1.82) is 0 Å². The first kappa shape index (κ1) is 22.0. The molecule has 11 heteroatoms. The predicted octanol–water partition coefficient (Wildman–Crippen LogP) is 1.12. The van der Waals surface area contributed by atoms with Crippen molar-refractivity contribution in [2.24, 2.45) is 0 Å². The lowest BCUT2D eigenvalue weighted by Gasteiger charge is -2.39. The number of hydrogen-bond donors (Lipinski definition) is 0. The van der Waals surface area contributed by atoms with E-state index in [1.54, 1.807) is 28.9 Å². The highest BCUT2D eigenvalue weighted by molar-refractivity contribution is 7.96. The number of aryl methyl sites for hydroxylation is 1. The molecule has 0 radical (unpaired) electrons. The summed E-state index contributed by atoms with van der Waals surface area (Å²) in [7, 11) is -7.83. The van der Waals surface area contributed by atoms with Crippen LogP contribution in [0.25, 0.3) is 0 Å². The van der Waals surface area contributed by atoms with Crippen LogP contribution in [0.4, 0.5) is 4.39 Å². The molecular formula is C20H23FN2O6S2. The molecule has 4 rings (SSSR count). The minimum atomic E-state index is -4.22. The topological polar surface area (TPSA) is 105 Å². The van der Waals surface area contributed by atoms with Crippen LogP contribution < -0.4 is 0 Å². The van der Waals surface area contributed by atoms with Crippen LogP contribution in [-0.2, 0) is 19.7 Å². The summed E-state index contributed by atoms with van der Waals surface area (Å²) in [6, 6.07) is 6.18. The van der Waals surface area contributed by atoms with Gasteiger partial charge in [0.1, 0.15) is 10.7 Å². The van der Waals surface area contributed by atoms with E-state index in [0.717, 1.165) is 6.07 Å². The number of rotatable bonds is 4. The van der Waals surface area contributed by atoms with E-state index < -0.39 is 47.4 Å². The number of sulfone groups is 2. The summed E-state index contributed by atoms with van der Waals surface area (Å²) in [4.78, 5) is 15.4. The van der Waals surface area contributed by atoms with Gasteiger partial charge in [0.2, 0.25) is 0 Å². The second-order valence-electron chi connectivity index (χ2n) is 7.97. The molecule has 0 saturated carbocycles. The Morgan fingerprint density at radius 1 is 1.13 bits per heavy atom. The van der Waals surface area contributed by atoms with Crippen molar-refractivity contribution >= 4 is 25.6 Å². The molecule has 2 aromatic rings. The minimum absolute atomic E-state index is 0.215. The highest BCUT2D eigenvalue weighted by atomic mass is 32.2.